The van der Waals surface area contributed by atoms with Crippen molar-refractivity contribution < 1.29 is 19.4 Å². The molecule has 2 aliphatic rings. The molecule has 2 aliphatic heterocycles. The molecule has 27 heavy (non-hydrogen) atoms. The summed E-state index contributed by atoms with van der Waals surface area (Å²) in [6.07, 6.45) is 0.511. The number of aliphatic hydroxyl groups excluding tert-OH is 1. The molecule has 0 bridgehead atoms. The predicted molar refractivity (Wildman–Crippen MR) is 101 cm³/mol. The van der Waals surface area contributed by atoms with E-state index in [0.717, 1.165) is 5.56 Å². The molecule has 1 aromatic heterocycles. The first kappa shape index (κ1) is 18.2. The molecule has 0 aliphatic carbocycles. The van der Waals surface area contributed by atoms with Crippen LogP contribution in [-0.4, -0.2) is 46.5 Å². The number of fused-ring (bicyclic) bond motifs is 2. The summed E-state index contributed by atoms with van der Waals surface area (Å²) in [6.45, 7) is 2.75. The van der Waals surface area contributed by atoms with Crippen LogP contribution in [0.15, 0.2) is 45.8 Å². The molecule has 8 heteroatoms. The maximum absolute atomic E-state index is 13.1. The van der Waals surface area contributed by atoms with Crippen LogP contribution in [0.3, 0.4) is 0 Å². The number of carbonyl (C=O) groups excluding carboxylic acids is 1. The highest BCUT2D eigenvalue weighted by Gasteiger charge is 2.55. The number of aliphatic hydroxyl groups is 1. The van der Waals surface area contributed by atoms with E-state index in [-0.39, 0.29) is 35.7 Å². The van der Waals surface area contributed by atoms with E-state index in [1.165, 1.54) is 4.90 Å². The van der Waals surface area contributed by atoms with Crippen LogP contribution in [0, 0.1) is 0 Å². The van der Waals surface area contributed by atoms with Gasteiger partial charge in [-0.15, -0.1) is 0 Å². The van der Waals surface area contributed by atoms with Gasteiger partial charge in [-0.3, -0.25) is 9.59 Å². The second kappa shape index (κ2) is 6.78. The van der Waals surface area contributed by atoms with Gasteiger partial charge in [-0.2, -0.15) is 0 Å². The van der Waals surface area contributed by atoms with Gasteiger partial charge in [0.2, 0.25) is 5.43 Å². The van der Waals surface area contributed by atoms with Gasteiger partial charge in [0.1, 0.15) is 12.1 Å². The van der Waals surface area contributed by atoms with Crippen LogP contribution in [0.5, 0.6) is 5.75 Å². The average Bonchev–Trinajstić information content (AvgIpc) is 2.63. The first-order chi connectivity index (χ1) is 13.0. The van der Waals surface area contributed by atoms with Crippen molar-refractivity contribution in [2.24, 2.45) is 0 Å². The van der Waals surface area contributed by atoms with Crippen molar-refractivity contribution in [1.29, 1.82) is 0 Å². The smallest absolute Gasteiger partial charge is 0.276 e. The highest BCUT2D eigenvalue weighted by Crippen LogP contribution is 2.40. The van der Waals surface area contributed by atoms with Gasteiger partial charge < -0.3 is 24.0 Å². The van der Waals surface area contributed by atoms with Gasteiger partial charge in [0.05, 0.1) is 17.7 Å². The molecule has 1 amide bonds. The molecule has 7 nitrogen and oxygen atoms in total. The summed E-state index contributed by atoms with van der Waals surface area (Å²) in [7, 11) is 0. The topological polar surface area (TPSA) is 81.0 Å². The van der Waals surface area contributed by atoms with Crippen molar-refractivity contribution in [1.82, 2.24) is 9.47 Å². The predicted octanol–water partition coefficient (Wildman–Crippen LogP) is 1.71. The van der Waals surface area contributed by atoms with Gasteiger partial charge in [0.25, 0.3) is 5.91 Å². The number of aromatic nitrogens is 1. The Kier molecular flexibility index (Phi) is 4.57. The van der Waals surface area contributed by atoms with E-state index < -0.39 is 23.1 Å². The third-order valence-electron chi connectivity index (χ3n) is 5.11. The highest BCUT2D eigenvalue weighted by molar-refractivity contribution is 9.10. The summed E-state index contributed by atoms with van der Waals surface area (Å²) in [5.41, 5.74) is -0.184. The summed E-state index contributed by atoms with van der Waals surface area (Å²) in [6, 6.07) is 9.41. The lowest BCUT2D eigenvalue weighted by molar-refractivity contribution is -0.200. The number of nitrogens with zero attached hydrogens (tertiary/aromatic N) is 2. The lowest BCUT2D eigenvalue weighted by atomic mass is 9.89. The van der Waals surface area contributed by atoms with Crippen LogP contribution in [0.25, 0.3) is 0 Å². The number of ether oxygens (including phenoxy) is 2. The second-order valence-electron chi connectivity index (χ2n) is 6.69. The quantitative estimate of drug-likeness (QED) is 0.791. The molecule has 1 unspecified atom stereocenters. The first-order valence-corrected chi connectivity index (χ1v) is 9.48. The van der Waals surface area contributed by atoms with Crippen LogP contribution in [0.4, 0.5) is 0 Å². The number of benzene rings is 1. The SMILES string of the molecule is CCN1C(=O)c2c(OCc3ccccc3)c(=O)c(Br)cn2C2(COC2)C1O. The van der Waals surface area contributed by atoms with Crippen LogP contribution in [0.1, 0.15) is 23.0 Å². The lowest BCUT2D eigenvalue weighted by Crippen LogP contribution is -2.69. The molecule has 1 spiro atoms. The molecule has 2 aromatic rings. The van der Waals surface area contributed by atoms with Gasteiger partial charge in [0.15, 0.2) is 17.7 Å². The van der Waals surface area contributed by atoms with E-state index in [2.05, 4.69) is 15.9 Å². The molecule has 4 rings (SSSR count). The summed E-state index contributed by atoms with van der Waals surface area (Å²) in [5, 5.41) is 10.8. The third kappa shape index (κ3) is 2.70. The van der Waals surface area contributed by atoms with Crippen LogP contribution >= 0.6 is 15.9 Å². The number of halogens is 1. The third-order valence-corrected chi connectivity index (χ3v) is 5.68. The molecule has 1 N–H and O–H groups in total. The van der Waals surface area contributed by atoms with Crippen molar-refractivity contribution in [3.05, 3.63) is 62.5 Å². The van der Waals surface area contributed by atoms with Crippen molar-refractivity contribution in [2.45, 2.75) is 25.3 Å². The fourth-order valence-electron chi connectivity index (χ4n) is 3.55. The summed E-state index contributed by atoms with van der Waals surface area (Å²) in [5.74, 6) is -0.454. The van der Waals surface area contributed by atoms with Gasteiger partial charge in [-0.25, -0.2) is 0 Å². The Morgan fingerprint density at radius 1 is 1.30 bits per heavy atom. The summed E-state index contributed by atoms with van der Waals surface area (Å²) < 4.78 is 13.1. The van der Waals surface area contributed by atoms with E-state index in [9.17, 15) is 14.7 Å². The maximum atomic E-state index is 13.1. The van der Waals surface area contributed by atoms with Gasteiger partial charge in [-0.1, -0.05) is 30.3 Å². The van der Waals surface area contributed by atoms with Crippen molar-refractivity contribution >= 4 is 21.8 Å². The monoisotopic (exact) mass is 434 g/mol. The molecule has 1 fully saturated rings. The molecule has 1 aromatic carbocycles. The Labute approximate surface area is 164 Å². The molecule has 1 saturated heterocycles. The Bertz CT molecular complexity index is 939. The number of rotatable bonds is 4. The van der Waals surface area contributed by atoms with E-state index in [0.29, 0.717) is 6.54 Å². The number of likely N-dealkylation sites (N-methyl/N-ethyl adjacent to an activating group) is 1. The zero-order valence-electron chi connectivity index (χ0n) is 14.7. The van der Waals surface area contributed by atoms with E-state index in [1.54, 1.807) is 17.7 Å². The van der Waals surface area contributed by atoms with E-state index in [4.69, 9.17) is 9.47 Å². The average molecular weight is 435 g/mol. The number of amides is 1. The van der Waals surface area contributed by atoms with Crippen LogP contribution in [-0.2, 0) is 16.9 Å². The molecular formula is C19H19BrN2O5. The minimum Gasteiger partial charge on any atom is -0.483 e. The largest absolute Gasteiger partial charge is 0.483 e. The first-order valence-electron chi connectivity index (χ1n) is 8.68. The van der Waals surface area contributed by atoms with Crippen molar-refractivity contribution in [2.75, 3.05) is 19.8 Å². The molecule has 1 atom stereocenters. The second-order valence-corrected chi connectivity index (χ2v) is 7.54. The minimum atomic E-state index is -1.03. The lowest BCUT2D eigenvalue weighted by Gasteiger charge is -2.53. The van der Waals surface area contributed by atoms with Crippen LogP contribution in [0.2, 0.25) is 0 Å². The van der Waals surface area contributed by atoms with E-state index in [1.807, 2.05) is 30.3 Å². The van der Waals surface area contributed by atoms with Gasteiger partial charge >= 0.3 is 0 Å². The van der Waals surface area contributed by atoms with Crippen molar-refractivity contribution in [3.63, 3.8) is 0 Å². The van der Waals surface area contributed by atoms with E-state index >= 15 is 0 Å². The summed E-state index contributed by atoms with van der Waals surface area (Å²) in [4.78, 5) is 27.2. The zero-order chi connectivity index (χ0) is 19.2. The highest BCUT2D eigenvalue weighted by atomic mass is 79.9. The molecular weight excluding hydrogens is 416 g/mol. The number of hydrogen-bond acceptors (Lipinski definition) is 5. The zero-order valence-corrected chi connectivity index (χ0v) is 16.3. The Balaban J connectivity index is 1.84. The fourth-order valence-corrected chi connectivity index (χ4v) is 3.94. The summed E-state index contributed by atoms with van der Waals surface area (Å²) >= 11 is 3.27. The Morgan fingerprint density at radius 2 is 2.00 bits per heavy atom. The fraction of sp³-hybridized carbons (Fsp3) is 0.368. The maximum Gasteiger partial charge on any atom is 0.276 e. The van der Waals surface area contributed by atoms with Crippen LogP contribution < -0.4 is 10.2 Å². The van der Waals surface area contributed by atoms with Gasteiger partial charge in [-0.05, 0) is 28.4 Å². The molecule has 3 heterocycles. The number of pyridine rings is 1. The van der Waals surface area contributed by atoms with Crippen molar-refractivity contribution in [3.8, 4) is 5.75 Å². The molecule has 0 radical (unpaired) electrons. The normalized spacial score (nSPS) is 20.3. The number of carbonyl (C=O) groups is 1. The molecule has 0 saturated carbocycles. The minimum absolute atomic E-state index is 0.0187. The van der Waals surface area contributed by atoms with Gasteiger partial charge in [0, 0.05) is 12.7 Å². The standard InChI is InChI=1S/C19H19BrN2O5/c1-2-21-17(24)14-16(27-9-12-6-4-3-5-7-12)15(23)13(20)8-22(14)19(18(21)25)10-26-11-19/h3-8,18,25H,2,9-11H2,1H3. The Morgan fingerprint density at radius 3 is 2.59 bits per heavy atom. The Hall–Kier alpha value is -2.16. The molecule has 142 valence electrons. The number of hydrogen-bond donors (Lipinski definition) is 1.